The van der Waals surface area contributed by atoms with Gasteiger partial charge in [0.15, 0.2) is 11.5 Å². The van der Waals surface area contributed by atoms with Crippen LogP contribution in [0.3, 0.4) is 0 Å². The first kappa shape index (κ1) is 20.2. The van der Waals surface area contributed by atoms with E-state index in [-0.39, 0.29) is 0 Å². The Kier molecular flexibility index (Phi) is 7.73. The molecule has 3 rings (SSSR count). The van der Waals surface area contributed by atoms with Crippen molar-refractivity contribution >= 4 is 5.91 Å². The minimum absolute atomic E-state index is 0.299. The second-order valence-corrected chi connectivity index (χ2v) is 7.08. The lowest BCUT2D eigenvalue weighted by atomic mass is 10.1. The number of hydrogen-bond donors (Lipinski definition) is 1. The quantitative estimate of drug-likeness (QED) is 0.605. The lowest BCUT2D eigenvalue weighted by molar-refractivity contribution is -0.127. The Morgan fingerprint density at radius 2 is 1.93 bits per heavy atom. The van der Waals surface area contributed by atoms with Crippen LogP contribution < -0.4 is 14.8 Å². The highest BCUT2D eigenvalue weighted by molar-refractivity contribution is 5.77. The summed E-state index contributed by atoms with van der Waals surface area (Å²) in [6.07, 6.45) is 3.56. The zero-order chi connectivity index (χ0) is 19.6. The highest BCUT2D eigenvalue weighted by Crippen LogP contribution is 2.28. The molecule has 0 atom stereocenters. The van der Waals surface area contributed by atoms with E-state index >= 15 is 0 Å². The second kappa shape index (κ2) is 10.7. The molecular formula is C23H30N2O3. The minimum atomic E-state index is 0.299. The van der Waals surface area contributed by atoms with Gasteiger partial charge in [-0.1, -0.05) is 36.4 Å². The predicted octanol–water partition coefficient (Wildman–Crippen LogP) is 3.42. The number of hydrogen-bond acceptors (Lipinski definition) is 4. The number of rotatable bonds is 11. The Bertz CT molecular complexity index is 749. The van der Waals surface area contributed by atoms with E-state index in [1.807, 2.05) is 35.2 Å². The number of ether oxygens (including phenoxy) is 2. The molecule has 5 nitrogen and oxygen atoms in total. The van der Waals surface area contributed by atoms with Gasteiger partial charge < -0.3 is 19.7 Å². The van der Waals surface area contributed by atoms with Crippen LogP contribution >= 0.6 is 0 Å². The molecule has 1 heterocycles. The summed E-state index contributed by atoms with van der Waals surface area (Å²) in [5.41, 5.74) is 2.42. The summed E-state index contributed by atoms with van der Waals surface area (Å²) in [5.74, 6) is 1.83. The van der Waals surface area contributed by atoms with E-state index in [1.54, 1.807) is 7.11 Å². The SMILES string of the molecule is COc1cc(CNCCCN2CCCC2=O)ccc1OCCc1ccccc1. The fraction of sp³-hybridized carbons (Fsp3) is 0.435. The number of methoxy groups -OCH3 is 1. The summed E-state index contributed by atoms with van der Waals surface area (Å²) in [7, 11) is 1.67. The Labute approximate surface area is 167 Å². The average Bonchev–Trinajstić information content (AvgIpc) is 3.14. The fourth-order valence-corrected chi connectivity index (χ4v) is 3.43. The molecule has 1 fully saturated rings. The monoisotopic (exact) mass is 382 g/mol. The normalized spacial score (nSPS) is 13.8. The second-order valence-electron chi connectivity index (χ2n) is 7.08. The lowest BCUT2D eigenvalue weighted by Crippen LogP contribution is -2.28. The maximum absolute atomic E-state index is 11.6. The molecule has 1 aliphatic rings. The highest BCUT2D eigenvalue weighted by Gasteiger charge is 2.18. The van der Waals surface area contributed by atoms with Crippen molar-refractivity contribution in [1.29, 1.82) is 0 Å². The lowest BCUT2D eigenvalue weighted by Gasteiger charge is -2.15. The molecular weight excluding hydrogens is 352 g/mol. The molecule has 0 bridgehead atoms. The Balaban J connectivity index is 1.40. The van der Waals surface area contributed by atoms with Crippen molar-refractivity contribution in [3.8, 4) is 11.5 Å². The molecule has 0 saturated carbocycles. The zero-order valence-electron chi connectivity index (χ0n) is 16.7. The van der Waals surface area contributed by atoms with Gasteiger partial charge in [-0.3, -0.25) is 4.79 Å². The van der Waals surface area contributed by atoms with Crippen LogP contribution in [0.2, 0.25) is 0 Å². The maximum atomic E-state index is 11.6. The number of nitrogens with one attached hydrogen (secondary N) is 1. The van der Waals surface area contributed by atoms with Gasteiger partial charge in [0.05, 0.1) is 13.7 Å². The number of likely N-dealkylation sites (tertiary alicyclic amines) is 1. The maximum Gasteiger partial charge on any atom is 0.222 e. The van der Waals surface area contributed by atoms with Crippen molar-refractivity contribution in [1.82, 2.24) is 10.2 Å². The van der Waals surface area contributed by atoms with E-state index in [0.29, 0.717) is 18.9 Å². The van der Waals surface area contributed by atoms with Gasteiger partial charge in [0.2, 0.25) is 5.91 Å². The molecule has 2 aromatic rings. The Morgan fingerprint density at radius 1 is 1.07 bits per heavy atom. The van der Waals surface area contributed by atoms with Crippen molar-refractivity contribution in [2.24, 2.45) is 0 Å². The smallest absolute Gasteiger partial charge is 0.222 e. The Hall–Kier alpha value is -2.53. The predicted molar refractivity (Wildman–Crippen MR) is 111 cm³/mol. The largest absolute Gasteiger partial charge is 0.493 e. The summed E-state index contributed by atoms with van der Waals surface area (Å²) in [5, 5.41) is 3.44. The molecule has 150 valence electrons. The van der Waals surface area contributed by atoms with Gasteiger partial charge in [0.1, 0.15) is 0 Å². The summed E-state index contributed by atoms with van der Waals surface area (Å²) < 4.78 is 11.4. The van der Waals surface area contributed by atoms with Crippen LogP contribution in [-0.4, -0.2) is 44.2 Å². The molecule has 0 aromatic heterocycles. The van der Waals surface area contributed by atoms with Crippen LogP contribution in [0.25, 0.3) is 0 Å². The van der Waals surface area contributed by atoms with Crippen LogP contribution in [0.4, 0.5) is 0 Å². The van der Waals surface area contributed by atoms with Crippen LogP contribution in [0.1, 0.15) is 30.4 Å². The van der Waals surface area contributed by atoms with E-state index in [2.05, 4.69) is 23.5 Å². The first-order valence-corrected chi connectivity index (χ1v) is 10.1. The fourth-order valence-electron chi connectivity index (χ4n) is 3.43. The third-order valence-electron chi connectivity index (χ3n) is 5.00. The molecule has 0 spiro atoms. The van der Waals surface area contributed by atoms with Crippen LogP contribution in [0, 0.1) is 0 Å². The van der Waals surface area contributed by atoms with E-state index in [1.165, 1.54) is 5.56 Å². The van der Waals surface area contributed by atoms with Crippen LogP contribution in [-0.2, 0) is 17.8 Å². The summed E-state index contributed by atoms with van der Waals surface area (Å²) in [6, 6.07) is 16.4. The first-order valence-electron chi connectivity index (χ1n) is 10.1. The molecule has 1 saturated heterocycles. The zero-order valence-corrected chi connectivity index (χ0v) is 16.7. The van der Waals surface area contributed by atoms with Crippen LogP contribution in [0.15, 0.2) is 48.5 Å². The van der Waals surface area contributed by atoms with Crippen LogP contribution in [0.5, 0.6) is 11.5 Å². The standard InChI is InChI=1S/C23H30N2O3/c1-27-22-17-20(18-24-13-6-15-25-14-5-9-23(25)26)10-11-21(22)28-16-12-19-7-3-2-4-8-19/h2-4,7-8,10-11,17,24H,5-6,9,12-16,18H2,1H3. The molecule has 5 heteroatoms. The number of carbonyl (C=O) groups is 1. The first-order chi connectivity index (χ1) is 13.8. The molecule has 1 amide bonds. The number of amides is 1. The van der Waals surface area contributed by atoms with Crippen molar-refractivity contribution in [3.05, 3.63) is 59.7 Å². The molecule has 0 aliphatic carbocycles. The summed E-state index contributed by atoms with van der Waals surface area (Å²) in [4.78, 5) is 13.6. The number of nitrogens with zero attached hydrogens (tertiary/aromatic N) is 1. The van der Waals surface area contributed by atoms with Crippen molar-refractivity contribution < 1.29 is 14.3 Å². The van der Waals surface area contributed by atoms with Gasteiger partial charge in [-0.25, -0.2) is 0 Å². The molecule has 28 heavy (non-hydrogen) atoms. The van der Waals surface area contributed by atoms with E-state index < -0.39 is 0 Å². The van der Waals surface area contributed by atoms with Crippen molar-refractivity contribution in [2.45, 2.75) is 32.2 Å². The number of benzene rings is 2. The summed E-state index contributed by atoms with van der Waals surface area (Å²) >= 11 is 0. The van der Waals surface area contributed by atoms with Gasteiger partial charge in [-0.05, 0) is 42.6 Å². The van der Waals surface area contributed by atoms with Crippen molar-refractivity contribution in [3.63, 3.8) is 0 Å². The van der Waals surface area contributed by atoms with Gasteiger partial charge in [-0.15, -0.1) is 0 Å². The minimum Gasteiger partial charge on any atom is -0.493 e. The third-order valence-corrected chi connectivity index (χ3v) is 5.00. The number of carbonyl (C=O) groups excluding carboxylic acids is 1. The van der Waals surface area contributed by atoms with E-state index in [4.69, 9.17) is 9.47 Å². The van der Waals surface area contributed by atoms with Gasteiger partial charge in [0.25, 0.3) is 0 Å². The topological polar surface area (TPSA) is 50.8 Å². The average molecular weight is 383 g/mol. The van der Waals surface area contributed by atoms with Gasteiger partial charge in [0, 0.05) is 32.5 Å². The molecule has 1 N–H and O–H groups in total. The Morgan fingerprint density at radius 3 is 2.68 bits per heavy atom. The highest BCUT2D eigenvalue weighted by atomic mass is 16.5. The van der Waals surface area contributed by atoms with Gasteiger partial charge >= 0.3 is 0 Å². The van der Waals surface area contributed by atoms with E-state index in [9.17, 15) is 4.79 Å². The molecule has 0 unspecified atom stereocenters. The molecule has 1 aliphatic heterocycles. The molecule has 0 radical (unpaired) electrons. The van der Waals surface area contributed by atoms with E-state index in [0.717, 1.165) is 62.5 Å². The van der Waals surface area contributed by atoms with Crippen molar-refractivity contribution in [2.75, 3.05) is 33.4 Å². The third kappa shape index (κ3) is 5.99. The summed E-state index contributed by atoms with van der Waals surface area (Å²) in [6.45, 7) is 4.05. The molecule has 2 aromatic carbocycles. The van der Waals surface area contributed by atoms with Gasteiger partial charge in [-0.2, -0.15) is 0 Å².